The van der Waals surface area contributed by atoms with Crippen LogP contribution in [0.4, 0.5) is 4.79 Å². The molecule has 98 valence electrons. The van der Waals surface area contributed by atoms with Crippen LogP contribution in [0.15, 0.2) is 0 Å². The predicted octanol–water partition coefficient (Wildman–Crippen LogP) is -0.0311. The predicted molar refractivity (Wildman–Crippen MR) is 65.2 cm³/mol. The van der Waals surface area contributed by atoms with Crippen LogP contribution in [0.1, 0.15) is 13.3 Å². The summed E-state index contributed by atoms with van der Waals surface area (Å²) in [6.45, 7) is 3.16. The van der Waals surface area contributed by atoms with E-state index in [0.717, 1.165) is 12.2 Å². The Morgan fingerprint density at radius 3 is 2.88 bits per heavy atom. The zero-order valence-corrected chi connectivity index (χ0v) is 10.6. The van der Waals surface area contributed by atoms with Crippen molar-refractivity contribution in [1.29, 1.82) is 0 Å². The van der Waals surface area contributed by atoms with Gasteiger partial charge in [0.1, 0.15) is 0 Å². The van der Waals surface area contributed by atoms with Crippen molar-refractivity contribution in [3.63, 3.8) is 0 Å². The van der Waals surface area contributed by atoms with Gasteiger partial charge in [-0.3, -0.25) is 0 Å². The third-order valence-corrected chi connectivity index (χ3v) is 3.99. The number of carboxylic acids is 1. The molecule has 0 aromatic rings. The van der Waals surface area contributed by atoms with E-state index in [9.17, 15) is 9.59 Å². The van der Waals surface area contributed by atoms with Crippen LogP contribution in [-0.4, -0.2) is 63.9 Å². The Bertz CT molecular complexity index is 287. The number of aliphatic hydroxyl groups excluding tert-OH is 1. The molecule has 7 heteroatoms. The van der Waals surface area contributed by atoms with E-state index < -0.39 is 12.1 Å². The number of amides is 2. The number of carbonyl (C=O) groups excluding carboxylic acids is 1. The zero-order valence-electron chi connectivity index (χ0n) is 9.76. The number of urea groups is 1. The summed E-state index contributed by atoms with van der Waals surface area (Å²) < 4.78 is 0. The van der Waals surface area contributed by atoms with Crippen molar-refractivity contribution >= 4 is 23.8 Å². The highest BCUT2D eigenvalue weighted by Gasteiger charge is 2.23. The van der Waals surface area contributed by atoms with Gasteiger partial charge in [-0.1, -0.05) is 6.92 Å². The second kappa shape index (κ2) is 6.70. The smallest absolute Gasteiger partial charge is 0.334 e. The van der Waals surface area contributed by atoms with Crippen molar-refractivity contribution in [2.45, 2.75) is 24.7 Å². The van der Waals surface area contributed by atoms with Crippen molar-refractivity contribution in [2.75, 3.05) is 25.4 Å². The molecule has 0 spiro atoms. The molecule has 0 saturated carbocycles. The van der Waals surface area contributed by atoms with Gasteiger partial charge < -0.3 is 20.4 Å². The number of carboxylic acid groups (broad SMARTS) is 1. The minimum atomic E-state index is -1.54. The summed E-state index contributed by atoms with van der Waals surface area (Å²) >= 11 is 1.85. The van der Waals surface area contributed by atoms with Gasteiger partial charge >= 0.3 is 12.0 Å². The number of hydrogen-bond acceptors (Lipinski definition) is 4. The Labute approximate surface area is 104 Å². The fourth-order valence-corrected chi connectivity index (χ4v) is 2.71. The molecular weight excluding hydrogens is 244 g/mol. The molecule has 1 saturated heterocycles. The molecule has 0 aromatic carbocycles. The second-order valence-corrected chi connectivity index (χ2v) is 5.30. The van der Waals surface area contributed by atoms with Gasteiger partial charge in [-0.25, -0.2) is 9.59 Å². The van der Waals surface area contributed by atoms with E-state index in [4.69, 9.17) is 10.2 Å². The van der Waals surface area contributed by atoms with Gasteiger partial charge in [0.25, 0.3) is 0 Å². The van der Waals surface area contributed by atoms with Crippen molar-refractivity contribution in [3.8, 4) is 0 Å². The van der Waals surface area contributed by atoms with Crippen molar-refractivity contribution in [3.05, 3.63) is 0 Å². The first-order valence-electron chi connectivity index (χ1n) is 5.59. The monoisotopic (exact) mass is 262 g/mol. The van der Waals surface area contributed by atoms with Crippen LogP contribution in [0, 0.1) is 0 Å². The van der Waals surface area contributed by atoms with Crippen LogP contribution in [0.3, 0.4) is 0 Å². The van der Waals surface area contributed by atoms with Crippen molar-refractivity contribution < 1.29 is 19.8 Å². The lowest BCUT2D eigenvalue weighted by Gasteiger charge is -2.32. The molecule has 1 heterocycles. The zero-order chi connectivity index (χ0) is 12.8. The van der Waals surface area contributed by atoms with Gasteiger partial charge in [0.05, 0.1) is 6.54 Å². The van der Waals surface area contributed by atoms with Crippen LogP contribution in [0.5, 0.6) is 0 Å². The van der Waals surface area contributed by atoms with E-state index in [0.29, 0.717) is 18.3 Å². The summed E-state index contributed by atoms with van der Waals surface area (Å²) in [4.78, 5) is 23.7. The van der Waals surface area contributed by atoms with Crippen molar-refractivity contribution in [1.82, 2.24) is 10.2 Å². The molecule has 2 amide bonds. The number of nitrogens with one attached hydrogen (secondary N) is 1. The molecule has 1 unspecified atom stereocenters. The first-order chi connectivity index (χ1) is 8.04. The number of nitrogens with zero attached hydrogens (tertiary/aromatic N) is 1. The first-order valence-corrected chi connectivity index (χ1v) is 6.64. The van der Waals surface area contributed by atoms with Gasteiger partial charge in [0.15, 0.2) is 6.10 Å². The summed E-state index contributed by atoms with van der Waals surface area (Å²) in [5, 5.41) is 20.4. The normalized spacial score (nSPS) is 22.0. The number of hydrogen-bond donors (Lipinski definition) is 3. The Hall–Kier alpha value is -0.950. The summed E-state index contributed by atoms with van der Waals surface area (Å²) in [6.07, 6.45) is -0.535. The number of rotatable bonds is 4. The minimum Gasteiger partial charge on any atom is -0.479 e. The van der Waals surface area contributed by atoms with Crippen molar-refractivity contribution in [2.24, 2.45) is 0 Å². The lowest BCUT2D eigenvalue weighted by atomic mass is 10.3. The molecule has 0 aromatic heterocycles. The van der Waals surface area contributed by atoms with Crippen LogP contribution in [0.2, 0.25) is 0 Å². The van der Waals surface area contributed by atoms with E-state index >= 15 is 0 Å². The minimum absolute atomic E-state index is 0.255. The average molecular weight is 262 g/mol. The van der Waals surface area contributed by atoms with Crippen LogP contribution < -0.4 is 5.32 Å². The molecule has 0 aliphatic carbocycles. The highest BCUT2D eigenvalue weighted by Crippen LogP contribution is 2.20. The quantitative estimate of drug-likeness (QED) is 0.662. The number of carbonyl (C=O) groups is 2. The molecule has 1 rings (SSSR count). The fraction of sp³-hybridized carbons (Fsp3) is 0.800. The number of aliphatic hydroxyl groups is 1. The third kappa shape index (κ3) is 4.43. The molecule has 6 nitrogen and oxygen atoms in total. The summed E-state index contributed by atoms with van der Waals surface area (Å²) in [5.74, 6) is -0.432. The fourth-order valence-electron chi connectivity index (χ4n) is 1.53. The Kier molecular flexibility index (Phi) is 5.57. The van der Waals surface area contributed by atoms with E-state index in [2.05, 4.69) is 12.2 Å². The molecule has 1 aliphatic rings. The lowest BCUT2D eigenvalue weighted by molar-refractivity contribution is -0.146. The molecular formula is C10H18N2O4S. The van der Waals surface area contributed by atoms with Gasteiger partial charge in [-0.15, -0.1) is 0 Å². The molecule has 3 N–H and O–H groups in total. The maximum Gasteiger partial charge on any atom is 0.334 e. The summed E-state index contributed by atoms with van der Waals surface area (Å²) in [6, 6.07) is -0.302. The van der Waals surface area contributed by atoms with Crippen LogP contribution in [-0.2, 0) is 4.79 Å². The van der Waals surface area contributed by atoms with Gasteiger partial charge in [-0.05, 0) is 6.42 Å². The summed E-state index contributed by atoms with van der Waals surface area (Å²) in [7, 11) is 0. The van der Waals surface area contributed by atoms with Gasteiger partial charge in [0.2, 0.25) is 0 Å². The molecule has 0 radical (unpaired) electrons. The number of thioether (sulfide) groups is 1. The van der Waals surface area contributed by atoms with Crippen LogP contribution in [0.25, 0.3) is 0 Å². The van der Waals surface area contributed by atoms with Gasteiger partial charge in [0, 0.05) is 24.1 Å². The Morgan fingerprint density at radius 2 is 2.29 bits per heavy atom. The van der Waals surface area contributed by atoms with E-state index in [1.165, 1.54) is 0 Å². The second-order valence-electron chi connectivity index (χ2n) is 3.89. The highest BCUT2D eigenvalue weighted by molar-refractivity contribution is 8.00. The van der Waals surface area contributed by atoms with E-state index in [1.807, 2.05) is 11.8 Å². The lowest BCUT2D eigenvalue weighted by Crippen LogP contribution is -2.49. The Morgan fingerprint density at radius 1 is 1.59 bits per heavy atom. The first kappa shape index (κ1) is 14.1. The standard InChI is InChI=1S/C10H18N2O4S/c1-2-7-6-12(3-4-17-7)10(16)11-5-8(13)9(14)15/h7-8,13H,2-6H2,1H3,(H,11,16)(H,14,15)/t7?,8-/m0/s1. The Balaban J connectivity index is 2.34. The topological polar surface area (TPSA) is 89.9 Å². The van der Waals surface area contributed by atoms with E-state index in [1.54, 1.807) is 4.90 Å². The van der Waals surface area contributed by atoms with Gasteiger partial charge in [-0.2, -0.15) is 11.8 Å². The SMILES string of the molecule is CCC1CN(C(=O)NC[C@H](O)C(=O)O)CCS1. The van der Waals surface area contributed by atoms with Crippen LogP contribution >= 0.6 is 11.8 Å². The molecule has 17 heavy (non-hydrogen) atoms. The van der Waals surface area contributed by atoms with E-state index in [-0.39, 0.29) is 12.6 Å². The molecule has 1 aliphatic heterocycles. The molecule has 1 fully saturated rings. The maximum absolute atomic E-state index is 11.7. The molecule has 0 bridgehead atoms. The highest BCUT2D eigenvalue weighted by atomic mass is 32.2. The maximum atomic E-state index is 11.7. The summed E-state index contributed by atoms with van der Waals surface area (Å²) in [5.41, 5.74) is 0. The largest absolute Gasteiger partial charge is 0.479 e. The third-order valence-electron chi connectivity index (χ3n) is 2.61. The molecule has 2 atom stereocenters. The number of aliphatic carboxylic acids is 1. The average Bonchev–Trinajstić information content (AvgIpc) is 2.35.